The highest BCUT2D eigenvalue weighted by Crippen LogP contribution is 2.21. The molecule has 0 spiro atoms. The van der Waals surface area contributed by atoms with Crippen LogP contribution in [0.4, 0.5) is 0 Å². The number of amides is 1. The predicted molar refractivity (Wildman–Crippen MR) is 71.5 cm³/mol. The summed E-state index contributed by atoms with van der Waals surface area (Å²) in [6, 6.07) is 7.46. The van der Waals surface area contributed by atoms with E-state index in [0.29, 0.717) is 17.4 Å². The Bertz CT molecular complexity index is 422. The maximum absolute atomic E-state index is 12.1. The molecule has 0 aromatic heterocycles. The lowest BCUT2D eigenvalue weighted by molar-refractivity contribution is -0.129. The number of benzene rings is 1. The minimum Gasteiger partial charge on any atom is -0.396 e. The van der Waals surface area contributed by atoms with E-state index in [-0.39, 0.29) is 12.5 Å². The van der Waals surface area contributed by atoms with Crippen molar-refractivity contribution in [2.75, 3.05) is 19.7 Å². The highest BCUT2D eigenvalue weighted by atomic mass is 35.5. The van der Waals surface area contributed by atoms with Crippen molar-refractivity contribution in [3.05, 3.63) is 34.9 Å². The first-order valence-corrected chi connectivity index (χ1v) is 6.70. The van der Waals surface area contributed by atoms with Gasteiger partial charge in [0.15, 0.2) is 0 Å². The molecule has 1 saturated heterocycles. The average molecular weight is 268 g/mol. The number of likely N-dealkylation sites (tertiary alicyclic amines) is 1. The van der Waals surface area contributed by atoms with Gasteiger partial charge in [-0.05, 0) is 30.4 Å². The van der Waals surface area contributed by atoms with Crippen LogP contribution < -0.4 is 0 Å². The van der Waals surface area contributed by atoms with Crippen molar-refractivity contribution in [1.29, 1.82) is 0 Å². The molecule has 98 valence electrons. The molecular weight excluding hydrogens is 250 g/mol. The molecule has 1 fully saturated rings. The molecule has 0 saturated carbocycles. The fourth-order valence-electron chi connectivity index (χ4n) is 2.39. The normalized spacial score (nSPS) is 19.2. The third-order valence-electron chi connectivity index (χ3n) is 3.48. The Morgan fingerprint density at radius 3 is 2.94 bits per heavy atom. The van der Waals surface area contributed by atoms with Crippen LogP contribution in [0.1, 0.15) is 18.4 Å². The number of carbonyl (C=O) groups is 1. The highest BCUT2D eigenvalue weighted by Gasteiger charge is 2.25. The molecule has 1 unspecified atom stereocenters. The van der Waals surface area contributed by atoms with E-state index in [9.17, 15) is 4.79 Å². The van der Waals surface area contributed by atoms with E-state index in [1.165, 1.54) is 0 Å². The second-order valence-electron chi connectivity index (χ2n) is 4.77. The Morgan fingerprint density at radius 1 is 1.44 bits per heavy atom. The quantitative estimate of drug-likeness (QED) is 0.908. The Kier molecular flexibility index (Phi) is 4.61. The van der Waals surface area contributed by atoms with Gasteiger partial charge in [-0.25, -0.2) is 0 Å². The lowest BCUT2D eigenvalue weighted by atomic mass is 10.1. The monoisotopic (exact) mass is 267 g/mol. The summed E-state index contributed by atoms with van der Waals surface area (Å²) in [5.74, 6) is 0.578. The van der Waals surface area contributed by atoms with Gasteiger partial charge in [0.05, 0.1) is 6.42 Å². The van der Waals surface area contributed by atoms with Crippen LogP contribution in [0.15, 0.2) is 24.3 Å². The molecule has 1 aromatic carbocycles. The zero-order valence-electron chi connectivity index (χ0n) is 10.3. The van der Waals surface area contributed by atoms with Gasteiger partial charge in [0, 0.05) is 24.7 Å². The summed E-state index contributed by atoms with van der Waals surface area (Å²) in [6.07, 6.45) is 2.15. The topological polar surface area (TPSA) is 40.5 Å². The Hall–Kier alpha value is -1.06. The first kappa shape index (κ1) is 13.4. The van der Waals surface area contributed by atoms with E-state index in [4.69, 9.17) is 16.7 Å². The first-order valence-electron chi connectivity index (χ1n) is 6.32. The van der Waals surface area contributed by atoms with Crippen molar-refractivity contribution in [1.82, 2.24) is 4.90 Å². The average Bonchev–Trinajstić information content (AvgIpc) is 2.81. The number of nitrogens with zero attached hydrogens (tertiary/aromatic N) is 1. The number of halogens is 1. The van der Waals surface area contributed by atoms with E-state index in [1.807, 2.05) is 29.2 Å². The van der Waals surface area contributed by atoms with Gasteiger partial charge >= 0.3 is 0 Å². The molecule has 1 amide bonds. The van der Waals surface area contributed by atoms with Crippen molar-refractivity contribution in [2.24, 2.45) is 5.92 Å². The molecule has 0 bridgehead atoms. The summed E-state index contributed by atoms with van der Waals surface area (Å²) in [5.41, 5.74) is 0.884. The Balaban J connectivity index is 1.91. The standard InChI is InChI=1S/C14H18ClNO2/c15-13-4-2-1-3-12(13)9-14(18)16-7-5-11(10-16)6-8-17/h1-4,11,17H,5-10H2. The summed E-state index contributed by atoms with van der Waals surface area (Å²) < 4.78 is 0. The van der Waals surface area contributed by atoms with Crippen LogP contribution in [-0.2, 0) is 11.2 Å². The lowest BCUT2D eigenvalue weighted by Crippen LogP contribution is -2.30. The van der Waals surface area contributed by atoms with E-state index < -0.39 is 0 Å². The number of hydrogen-bond donors (Lipinski definition) is 1. The Labute approximate surface area is 112 Å². The van der Waals surface area contributed by atoms with Gasteiger partial charge in [-0.3, -0.25) is 4.79 Å². The van der Waals surface area contributed by atoms with Crippen LogP contribution in [0.2, 0.25) is 5.02 Å². The fourth-order valence-corrected chi connectivity index (χ4v) is 2.60. The second kappa shape index (κ2) is 6.21. The highest BCUT2D eigenvalue weighted by molar-refractivity contribution is 6.31. The molecule has 18 heavy (non-hydrogen) atoms. The minimum atomic E-state index is 0.128. The first-order chi connectivity index (χ1) is 8.70. The van der Waals surface area contributed by atoms with Crippen LogP contribution in [-0.4, -0.2) is 35.6 Å². The SMILES string of the molecule is O=C(Cc1ccccc1Cl)N1CCC(CCO)C1. The number of carbonyl (C=O) groups excluding carboxylic acids is 1. The van der Waals surface area contributed by atoms with Gasteiger partial charge in [0.2, 0.25) is 5.91 Å². The minimum absolute atomic E-state index is 0.128. The molecule has 0 radical (unpaired) electrons. The van der Waals surface area contributed by atoms with Gasteiger partial charge in [0.25, 0.3) is 0 Å². The van der Waals surface area contributed by atoms with Crippen LogP contribution in [0.25, 0.3) is 0 Å². The third-order valence-corrected chi connectivity index (χ3v) is 3.84. The van der Waals surface area contributed by atoms with Crippen LogP contribution in [0.3, 0.4) is 0 Å². The smallest absolute Gasteiger partial charge is 0.227 e. The number of aliphatic hydroxyl groups excluding tert-OH is 1. The molecule has 1 aromatic rings. The third kappa shape index (κ3) is 3.24. The molecule has 1 atom stereocenters. The maximum atomic E-state index is 12.1. The van der Waals surface area contributed by atoms with Gasteiger partial charge in [-0.2, -0.15) is 0 Å². The summed E-state index contributed by atoms with van der Waals surface area (Å²) >= 11 is 6.05. The van der Waals surface area contributed by atoms with Gasteiger partial charge in [-0.15, -0.1) is 0 Å². The van der Waals surface area contributed by atoms with Gasteiger partial charge < -0.3 is 10.0 Å². The fraction of sp³-hybridized carbons (Fsp3) is 0.500. The molecule has 1 heterocycles. The van der Waals surface area contributed by atoms with Crippen LogP contribution >= 0.6 is 11.6 Å². The zero-order valence-corrected chi connectivity index (χ0v) is 11.1. The molecule has 4 heteroatoms. The molecular formula is C14H18ClNO2. The zero-order chi connectivity index (χ0) is 13.0. The van der Waals surface area contributed by atoms with Crippen molar-refractivity contribution in [2.45, 2.75) is 19.3 Å². The maximum Gasteiger partial charge on any atom is 0.227 e. The van der Waals surface area contributed by atoms with E-state index in [2.05, 4.69) is 0 Å². The molecule has 2 rings (SSSR count). The number of hydrogen-bond acceptors (Lipinski definition) is 2. The Morgan fingerprint density at radius 2 is 2.22 bits per heavy atom. The molecule has 1 aliphatic heterocycles. The van der Waals surface area contributed by atoms with E-state index in [0.717, 1.165) is 31.5 Å². The van der Waals surface area contributed by atoms with Crippen molar-refractivity contribution in [3.63, 3.8) is 0 Å². The summed E-state index contributed by atoms with van der Waals surface area (Å²) in [4.78, 5) is 14.0. The summed E-state index contributed by atoms with van der Waals surface area (Å²) in [7, 11) is 0. The molecule has 0 aliphatic carbocycles. The summed E-state index contributed by atoms with van der Waals surface area (Å²) in [6.45, 7) is 1.77. The van der Waals surface area contributed by atoms with Crippen molar-refractivity contribution >= 4 is 17.5 Å². The van der Waals surface area contributed by atoms with Crippen LogP contribution in [0, 0.1) is 5.92 Å². The summed E-state index contributed by atoms with van der Waals surface area (Å²) in [5, 5.41) is 9.55. The van der Waals surface area contributed by atoms with Crippen molar-refractivity contribution < 1.29 is 9.90 Å². The molecule has 3 nitrogen and oxygen atoms in total. The lowest BCUT2D eigenvalue weighted by Gasteiger charge is -2.16. The van der Waals surface area contributed by atoms with Gasteiger partial charge in [-0.1, -0.05) is 29.8 Å². The van der Waals surface area contributed by atoms with E-state index in [1.54, 1.807) is 0 Å². The van der Waals surface area contributed by atoms with Crippen molar-refractivity contribution in [3.8, 4) is 0 Å². The van der Waals surface area contributed by atoms with Crippen LogP contribution in [0.5, 0.6) is 0 Å². The molecule has 1 N–H and O–H groups in total. The second-order valence-corrected chi connectivity index (χ2v) is 5.18. The van der Waals surface area contributed by atoms with E-state index >= 15 is 0 Å². The largest absolute Gasteiger partial charge is 0.396 e. The number of aliphatic hydroxyl groups is 1. The van der Waals surface area contributed by atoms with Gasteiger partial charge in [0.1, 0.15) is 0 Å². The number of rotatable bonds is 4. The predicted octanol–water partition coefficient (Wildman–Crippen LogP) is 2.11. The molecule has 1 aliphatic rings.